The van der Waals surface area contributed by atoms with E-state index in [-0.39, 0.29) is 17.7 Å². The average molecular weight is 363 g/mol. The molecule has 0 aliphatic carbocycles. The van der Waals surface area contributed by atoms with Gasteiger partial charge in [-0.2, -0.15) is 5.10 Å². The predicted molar refractivity (Wildman–Crippen MR) is 104 cm³/mol. The second-order valence-corrected chi connectivity index (χ2v) is 6.41. The highest BCUT2D eigenvalue weighted by Crippen LogP contribution is 2.24. The van der Waals surface area contributed by atoms with Crippen LogP contribution >= 0.6 is 0 Å². The maximum Gasteiger partial charge on any atom is 0.259 e. The second kappa shape index (κ2) is 7.82. The first-order valence-electron chi connectivity index (χ1n) is 8.64. The number of nitrogens with zero attached hydrogens (tertiary/aromatic N) is 3. The summed E-state index contributed by atoms with van der Waals surface area (Å²) >= 11 is 0. The molecule has 138 valence electrons. The molecule has 0 spiro atoms. The zero-order valence-electron chi connectivity index (χ0n) is 15.4. The molecule has 27 heavy (non-hydrogen) atoms. The Morgan fingerprint density at radius 2 is 1.78 bits per heavy atom. The Hall–Kier alpha value is -3.48. The fourth-order valence-electron chi connectivity index (χ4n) is 2.83. The Bertz CT molecular complexity index is 964. The molecule has 0 saturated heterocycles. The largest absolute Gasteiger partial charge is 0.326 e. The van der Waals surface area contributed by atoms with Crippen LogP contribution in [0, 0.1) is 0 Å². The lowest BCUT2D eigenvalue weighted by Gasteiger charge is -2.12. The zero-order chi connectivity index (χ0) is 19.4. The summed E-state index contributed by atoms with van der Waals surface area (Å²) in [6.07, 6.45) is 3.24. The summed E-state index contributed by atoms with van der Waals surface area (Å²) in [5.74, 6) is 0.298. The molecule has 0 fully saturated rings. The zero-order valence-corrected chi connectivity index (χ0v) is 15.4. The van der Waals surface area contributed by atoms with Crippen LogP contribution in [0.3, 0.4) is 0 Å². The number of benzene rings is 1. The third kappa shape index (κ3) is 4.20. The molecule has 1 aromatic carbocycles. The van der Waals surface area contributed by atoms with Crippen LogP contribution in [0.5, 0.6) is 0 Å². The molecule has 2 amide bonds. The van der Waals surface area contributed by atoms with Gasteiger partial charge in [-0.05, 0) is 36.2 Å². The van der Waals surface area contributed by atoms with Gasteiger partial charge in [0.15, 0.2) is 5.82 Å². The van der Waals surface area contributed by atoms with Crippen LogP contribution in [0.25, 0.3) is 5.82 Å². The van der Waals surface area contributed by atoms with Crippen molar-refractivity contribution in [2.24, 2.45) is 0 Å². The number of amides is 2. The van der Waals surface area contributed by atoms with E-state index in [9.17, 15) is 9.59 Å². The molecule has 0 saturated carbocycles. The molecular formula is C20H21N5O2. The Morgan fingerprint density at radius 3 is 2.41 bits per heavy atom. The maximum atomic E-state index is 12.8. The molecule has 2 aromatic heterocycles. The number of carbonyl (C=O) groups excluding carboxylic acids is 2. The monoisotopic (exact) mass is 363 g/mol. The van der Waals surface area contributed by atoms with Gasteiger partial charge in [-0.3, -0.25) is 9.59 Å². The van der Waals surface area contributed by atoms with Crippen molar-refractivity contribution >= 4 is 23.2 Å². The average Bonchev–Trinajstić information content (AvgIpc) is 3.08. The quantitative estimate of drug-likeness (QED) is 0.725. The molecule has 0 unspecified atom stereocenters. The maximum absolute atomic E-state index is 12.8. The number of rotatable bonds is 5. The number of pyridine rings is 1. The summed E-state index contributed by atoms with van der Waals surface area (Å²) in [5.41, 5.74) is 2.48. The first kappa shape index (κ1) is 18.3. The molecule has 3 rings (SSSR count). The van der Waals surface area contributed by atoms with Gasteiger partial charge in [0.25, 0.3) is 5.91 Å². The molecule has 7 heteroatoms. The van der Waals surface area contributed by atoms with Crippen molar-refractivity contribution in [1.29, 1.82) is 0 Å². The van der Waals surface area contributed by atoms with E-state index in [0.29, 0.717) is 22.8 Å². The Kier molecular flexibility index (Phi) is 5.30. The SMILES string of the molecule is CC(=O)Nc1cccc(NC(=O)c2cnn(-c3ccccn3)c2C(C)C)c1. The van der Waals surface area contributed by atoms with Crippen molar-refractivity contribution in [3.05, 3.63) is 66.1 Å². The minimum atomic E-state index is -0.263. The van der Waals surface area contributed by atoms with Gasteiger partial charge < -0.3 is 10.6 Å². The number of anilines is 2. The fourth-order valence-corrected chi connectivity index (χ4v) is 2.83. The van der Waals surface area contributed by atoms with E-state index in [4.69, 9.17) is 0 Å². The van der Waals surface area contributed by atoms with Gasteiger partial charge >= 0.3 is 0 Å². The van der Waals surface area contributed by atoms with Crippen LogP contribution in [-0.2, 0) is 4.79 Å². The number of aromatic nitrogens is 3. The first-order valence-corrected chi connectivity index (χ1v) is 8.64. The van der Waals surface area contributed by atoms with E-state index in [1.54, 1.807) is 41.3 Å². The summed E-state index contributed by atoms with van der Waals surface area (Å²) < 4.78 is 1.69. The minimum Gasteiger partial charge on any atom is -0.326 e. The van der Waals surface area contributed by atoms with Gasteiger partial charge in [0.2, 0.25) is 5.91 Å². The van der Waals surface area contributed by atoms with E-state index < -0.39 is 0 Å². The molecule has 0 radical (unpaired) electrons. The fraction of sp³-hybridized carbons (Fsp3) is 0.200. The van der Waals surface area contributed by atoms with E-state index >= 15 is 0 Å². The summed E-state index contributed by atoms with van der Waals surface area (Å²) in [4.78, 5) is 28.4. The van der Waals surface area contributed by atoms with Crippen molar-refractivity contribution in [1.82, 2.24) is 14.8 Å². The molecule has 0 aliphatic rings. The highest BCUT2D eigenvalue weighted by Gasteiger charge is 2.21. The molecular weight excluding hydrogens is 342 g/mol. The Balaban J connectivity index is 1.89. The highest BCUT2D eigenvalue weighted by molar-refractivity contribution is 6.05. The van der Waals surface area contributed by atoms with Crippen molar-refractivity contribution in [3.8, 4) is 5.82 Å². The Morgan fingerprint density at radius 1 is 1.04 bits per heavy atom. The standard InChI is InChI=1S/C20H21N5O2/c1-13(2)19-17(12-22-25(19)18-9-4-5-10-21-18)20(27)24-16-8-6-7-15(11-16)23-14(3)26/h4-13H,1-3H3,(H,23,26)(H,24,27). The van der Waals surface area contributed by atoms with Gasteiger partial charge in [0.1, 0.15) is 0 Å². The lowest BCUT2D eigenvalue weighted by Crippen LogP contribution is -2.16. The van der Waals surface area contributed by atoms with E-state index in [0.717, 1.165) is 5.69 Å². The summed E-state index contributed by atoms with van der Waals surface area (Å²) in [6, 6.07) is 12.5. The number of carbonyl (C=O) groups is 2. The van der Waals surface area contributed by atoms with Crippen LogP contribution in [0.2, 0.25) is 0 Å². The second-order valence-electron chi connectivity index (χ2n) is 6.41. The molecule has 0 bridgehead atoms. The molecule has 3 aromatic rings. The van der Waals surface area contributed by atoms with Gasteiger partial charge in [-0.15, -0.1) is 0 Å². The molecule has 2 N–H and O–H groups in total. The van der Waals surface area contributed by atoms with Gasteiger partial charge in [-0.25, -0.2) is 9.67 Å². The molecule has 0 atom stereocenters. The predicted octanol–water partition coefficient (Wildman–Crippen LogP) is 3.60. The Labute approximate surface area is 157 Å². The smallest absolute Gasteiger partial charge is 0.259 e. The normalized spacial score (nSPS) is 10.7. The van der Waals surface area contributed by atoms with E-state index in [2.05, 4.69) is 20.7 Å². The number of hydrogen-bond donors (Lipinski definition) is 2. The number of nitrogens with one attached hydrogen (secondary N) is 2. The lowest BCUT2D eigenvalue weighted by atomic mass is 10.1. The minimum absolute atomic E-state index is 0.0703. The topological polar surface area (TPSA) is 88.9 Å². The molecule has 2 heterocycles. The van der Waals surface area contributed by atoms with Crippen molar-refractivity contribution in [2.45, 2.75) is 26.7 Å². The van der Waals surface area contributed by atoms with E-state index in [1.807, 2.05) is 32.0 Å². The highest BCUT2D eigenvalue weighted by atomic mass is 16.2. The third-order valence-corrected chi connectivity index (χ3v) is 3.91. The van der Waals surface area contributed by atoms with Crippen LogP contribution in [-0.4, -0.2) is 26.6 Å². The molecule has 7 nitrogen and oxygen atoms in total. The lowest BCUT2D eigenvalue weighted by molar-refractivity contribution is -0.114. The summed E-state index contributed by atoms with van der Waals surface area (Å²) in [7, 11) is 0. The molecule has 0 aliphatic heterocycles. The van der Waals surface area contributed by atoms with E-state index in [1.165, 1.54) is 6.92 Å². The number of hydrogen-bond acceptors (Lipinski definition) is 4. The summed E-state index contributed by atoms with van der Waals surface area (Å²) in [5, 5.41) is 9.93. The van der Waals surface area contributed by atoms with Crippen LogP contribution in [0.1, 0.15) is 42.7 Å². The van der Waals surface area contributed by atoms with Gasteiger partial charge in [-0.1, -0.05) is 26.0 Å². The van der Waals surface area contributed by atoms with Crippen molar-refractivity contribution in [3.63, 3.8) is 0 Å². The van der Waals surface area contributed by atoms with Crippen LogP contribution < -0.4 is 10.6 Å². The van der Waals surface area contributed by atoms with Crippen LogP contribution in [0.15, 0.2) is 54.9 Å². The van der Waals surface area contributed by atoms with Crippen molar-refractivity contribution in [2.75, 3.05) is 10.6 Å². The van der Waals surface area contributed by atoms with Gasteiger partial charge in [0, 0.05) is 24.5 Å². The van der Waals surface area contributed by atoms with Crippen molar-refractivity contribution < 1.29 is 9.59 Å². The first-order chi connectivity index (χ1) is 13.0. The van der Waals surface area contributed by atoms with Crippen LogP contribution in [0.4, 0.5) is 11.4 Å². The van der Waals surface area contributed by atoms with Gasteiger partial charge in [0.05, 0.1) is 17.5 Å². The third-order valence-electron chi connectivity index (χ3n) is 3.91. The summed E-state index contributed by atoms with van der Waals surface area (Å²) in [6.45, 7) is 5.45.